The van der Waals surface area contributed by atoms with E-state index in [1.165, 1.54) is 12.1 Å². The summed E-state index contributed by atoms with van der Waals surface area (Å²) >= 11 is 6.22. The van der Waals surface area contributed by atoms with Crippen LogP contribution in [0.5, 0.6) is 0 Å². The number of halogens is 2. The van der Waals surface area contributed by atoms with Gasteiger partial charge in [0, 0.05) is 54.9 Å². The van der Waals surface area contributed by atoms with Crippen LogP contribution in [0.2, 0.25) is 5.02 Å². The third-order valence-electron chi connectivity index (χ3n) is 8.83. The van der Waals surface area contributed by atoms with E-state index in [0.29, 0.717) is 60.2 Å². The van der Waals surface area contributed by atoms with Gasteiger partial charge < -0.3 is 19.4 Å². The van der Waals surface area contributed by atoms with Crippen molar-refractivity contribution in [3.8, 4) is 11.3 Å². The van der Waals surface area contributed by atoms with E-state index in [2.05, 4.69) is 15.3 Å². The topological polar surface area (TPSA) is 82.9 Å². The maximum Gasteiger partial charge on any atom is 0.323 e. The Bertz CT molecular complexity index is 1650. The first kappa shape index (κ1) is 23.9. The van der Waals surface area contributed by atoms with Crippen molar-refractivity contribution in [1.82, 2.24) is 14.7 Å². The molecule has 4 heterocycles. The fraction of sp³-hybridized carbons (Fsp3) is 0.452. The molecule has 2 unspecified atom stereocenters. The molecule has 42 heavy (non-hydrogen) atoms. The molecule has 0 radical (unpaired) electrons. The van der Waals surface area contributed by atoms with Crippen LogP contribution in [0.4, 0.5) is 26.4 Å². The number of benzene rings is 2. The third-order valence-corrected chi connectivity index (χ3v) is 9.14. The van der Waals surface area contributed by atoms with Gasteiger partial charge in [-0.1, -0.05) is 23.7 Å². The number of carbonyl (C=O) groups excluding carboxylic acids is 2. The number of likely N-dealkylation sites (tertiary alicyclic amines) is 1. The van der Waals surface area contributed by atoms with E-state index in [4.69, 9.17) is 20.5 Å². The first-order valence-corrected chi connectivity index (χ1v) is 14.6. The number of ether oxygens (including phenoxy) is 1. The third kappa shape index (κ3) is 4.61. The molecule has 3 aromatic rings. The molecule has 0 bridgehead atoms. The van der Waals surface area contributed by atoms with Gasteiger partial charge in [-0.15, -0.1) is 0 Å². The molecule has 7 rings (SSSR count). The van der Waals surface area contributed by atoms with Crippen LogP contribution >= 0.6 is 11.6 Å². The van der Waals surface area contributed by atoms with Crippen molar-refractivity contribution in [3.05, 3.63) is 58.9 Å². The molecule has 220 valence electrons. The Hall–Kier alpha value is -3.63. The normalized spacial score (nSPS) is 23.0. The molecule has 9 nitrogen and oxygen atoms in total. The number of rotatable bonds is 6. The first-order valence-electron chi connectivity index (χ1n) is 15.7. The summed E-state index contributed by atoms with van der Waals surface area (Å²) in [5, 5.41) is 7.43. The highest BCUT2D eigenvalue weighted by Gasteiger charge is 2.51. The highest BCUT2D eigenvalue weighted by atomic mass is 35.5. The van der Waals surface area contributed by atoms with Crippen molar-refractivity contribution in [2.24, 2.45) is 17.3 Å². The number of piperidine rings is 1. The number of nitrogens with one attached hydrogen (secondary N) is 1. The zero-order valence-corrected chi connectivity index (χ0v) is 24.2. The monoisotopic (exact) mass is 595 g/mol. The average molecular weight is 596 g/mol. The fourth-order valence-electron chi connectivity index (χ4n) is 6.38. The van der Waals surface area contributed by atoms with Crippen molar-refractivity contribution < 1.29 is 22.8 Å². The lowest BCUT2D eigenvalue weighted by atomic mass is 9.78. The Labute approximate surface area is 253 Å². The number of urea groups is 1. The molecular formula is C31H34ClFN6O3. The largest absolute Gasteiger partial charge is 0.380 e. The minimum absolute atomic E-state index is 0.0590. The first-order chi connectivity index (χ1) is 21.3. The molecule has 3 amide bonds. The van der Waals surface area contributed by atoms with Crippen LogP contribution in [-0.2, 0) is 4.74 Å². The molecule has 2 atom stereocenters. The molecule has 1 spiro atoms. The lowest BCUT2D eigenvalue weighted by Gasteiger charge is -2.54. The van der Waals surface area contributed by atoms with Crippen LogP contribution in [0, 0.1) is 23.1 Å². The number of carbonyl (C=O) groups is 2. The summed E-state index contributed by atoms with van der Waals surface area (Å²) in [6, 6.07) is 10.5. The van der Waals surface area contributed by atoms with E-state index in [1.807, 2.05) is 19.9 Å². The smallest absolute Gasteiger partial charge is 0.323 e. The quantitative estimate of drug-likeness (QED) is 0.406. The molecule has 4 aliphatic rings. The molecule has 3 saturated heterocycles. The predicted molar refractivity (Wildman–Crippen MR) is 160 cm³/mol. The van der Waals surface area contributed by atoms with E-state index in [9.17, 15) is 14.0 Å². The molecule has 1 saturated carbocycles. The second-order valence-electron chi connectivity index (χ2n) is 12.3. The zero-order valence-electron chi connectivity index (χ0n) is 26.4. The van der Waals surface area contributed by atoms with Crippen LogP contribution in [0.1, 0.15) is 40.8 Å². The molecule has 1 aliphatic carbocycles. The van der Waals surface area contributed by atoms with Crippen LogP contribution in [0.3, 0.4) is 0 Å². The molecule has 3 aliphatic heterocycles. The summed E-state index contributed by atoms with van der Waals surface area (Å²) in [6.45, 7) is 5.12. The summed E-state index contributed by atoms with van der Waals surface area (Å²) in [6.07, 6.45) is 1.12. The number of nitrogens with zero attached hydrogens (tertiary/aromatic N) is 5. The molecule has 11 heteroatoms. The Morgan fingerprint density at radius 3 is 2.60 bits per heavy atom. The van der Waals surface area contributed by atoms with Gasteiger partial charge in [0.25, 0.3) is 5.91 Å². The minimum Gasteiger partial charge on any atom is -0.380 e. The van der Waals surface area contributed by atoms with Crippen molar-refractivity contribution in [1.29, 1.82) is 0 Å². The van der Waals surface area contributed by atoms with Gasteiger partial charge in [-0.3, -0.25) is 14.8 Å². The second-order valence-corrected chi connectivity index (χ2v) is 12.7. The van der Waals surface area contributed by atoms with Crippen LogP contribution in [0.25, 0.3) is 11.3 Å². The number of amides is 3. The molecule has 1 aromatic heterocycles. The SMILES string of the molecule is [2H]C([2H])([2H])N(C(=O)c1c(F)cccc1Cl)c1ccc(-c2cc(NC(=O)N3CC4(COC4)C3)nn2C(C)C)cc1N1CC2CC2C1. The Balaban J connectivity index is 1.26. The van der Waals surface area contributed by atoms with E-state index in [1.54, 1.807) is 27.8 Å². The lowest BCUT2D eigenvalue weighted by Crippen LogP contribution is -2.67. The summed E-state index contributed by atoms with van der Waals surface area (Å²) < 4.78 is 47.0. The lowest BCUT2D eigenvalue weighted by molar-refractivity contribution is -0.174. The molecular weight excluding hydrogens is 559 g/mol. The maximum absolute atomic E-state index is 14.9. The second kappa shape index (κ2) is 9.98. The van der Waals surface area contributed by atoms with E-state index < -0.39 is 24.3 Å². The van der Waals surface area contributed by atoms with Gasteiger partial charge in [0.05, 0.1) is 46.3 Å². The van der Waals surface area contributed by atoms with Gasteiger partial charge >= 0.3 is 6.03 Å². The Morgan fingerprint density at radius 2 is 1.95 bits per heavy atom. The van der Waals surface area contributed by atoms with E-state index in [-0.39, 0.29) is 28.2 Å². The number of anilines is 3. The van der Waals surface area contributed by atoms with Gasteiger partial charge in [0.1, 0.15) is 5.82 Å². The summed E-state index contributed by atoms with van der Waals surface area (Å²) in [5.41, 5.74) is 1.73. The summed E-state index contributed by atoms with van der Waals surface area (Å²) in [7, 11) is 0. The fourth-order valence-corrected chi connectivity index (χ4v) is 6.62. The molecule has 4 fully saturated rings. The average Bonchev–Trinajstić information content (AvgIpc) is 3.30. The minimum atomic E-state index is -2.93. The molecule has 2 aromatic carbocycles. The van der Waals surface area contributed by atoms with Crippen molar-refractivity contribution in [2.45, 2.75) is 26.3 Å². The predicted octanol–water partition coefficient (Wildman–Crippen LogP) is 5.52. The Kier molecular flexibility index (Phi) is 5.68. The van der Waals surface area contributed by atoms with Gasteiger partial charge in [0.15, 0.2) is 5.82 Å². The van der Waals surface area contributed by atoms with Crippen molar-refractivity contribution in [2.75, 3.05) is 61.5 Å². The van der Waals surface area contributed by atoms with Crippen LogP contribution in [-0.4, -0.2) is 73.0 Å². The van der Waals surface area contributed by atoms with Gasteiger partial charge in [0.2, 0.25) is 0 Å². The summed E-state index contributed by atoms with van der Waals surface area (Å²) in [5.74, 6) is -0.526. The highest BCUT2D eigenvalue weighted by Crippen LogP contribution is 2.48. The Morgan fingerprint density at radius 1 is 1.19 bits per heavy atom. The van der Waals surface area contributed by atoms with Gasteiger partial charge in [-0.05, 0) is 56.4 Å². The number of aromatic nitrogens is 2. The van der Waals surface area contributed by atoms with Crippen molar-refractivity contribution >= 4 is 40.7 Å². The number of fused-ring (bicyclic) bond motifs is 1. The van der Waals surface area contributed by atoms with Crippen molar-refractivity contribution in [3.63, 3.8) is 0 Å². The zero-order chi connectivity index (χ0) is 31.8. The summed E-state index contributed by atoms with van der Waals surface area (Å²) in [4.78, 5) is 31.2. The van der Waals surface area contributed by atoms with Crippen LogP contribution in [0.15, 0.2) is 42.5 Å². The van der Waals surface area contributed by atoms with Gasteiger partial charge in [-0.2, -0.15) is 5.10 Å². The van der Waals surface area contributed by atoms with E-state index in [0.717, 1.165) is 31.1 Å². The van der Waals surface area contributed by atoms with Gasteiger partial charge in [-0.25, -0.2) is 9.18 Å². The van der Waals surface area contributed by atoms with E-state index >= 15 is 0 Å². The van der Waals surface area contributed by atoms with Crippen LogP contribution < -0.4 is 15.1 Å². The number of hydrogen-bond donors (Lipinski definition) is 1. The highest BCUT2D eigenvalue weighted by molar-refractivity contribution is 6.34. The standard InChI is InChI=1S/C31H34ClFN6O3/c1-18(2)39-25(11-27(35-39)34-30(41)38-14-31(15-38)16-42-17-31)19-7-8-24(26(10-19)37-12-20-9-21(20)13-37)36(3)29(40)28-22(32)5-4-6-23(28)33/h4-8,10-11,18,20-21H,9,12-17H2,1-3H3,(H,34,35,41)/i3D3. The number of hydrogen-bond acceptors (Lipinski definition) is 5. The maximum atomic E-state index is 14.9. The molecule has 1 N–H and O–H groups in total.